The van der Waals surface area contributed by atoms with Gasteiger partial charge < -0.3 is 10.2 Å². The van der Waals surface area contributed by atoms with Gasteiger partial charge in [0.2, 0.25) is 0 Å². The van der Waals surface area contributed by atoms with Crippen molar-refractivity contribution >= 4 is 5.69 Å². The van der Waals surface area contributed by atoms with Crippen molar-refractivity contribution in [1.29, 1.82) is 5.26 Å². The smallest absolute Gasteiger partial charge is 0.101 e. The van der Waals surface area contributed by atoms with Crippen LogP contribution in [0.5, 0.6) is 0 Å². The van der Waals surface area contributed by atoms with E-state index < -0.39 is 0 Å². The molecule has 0 aromatic heterocycles. The van der Waals surface area contributed by atoms with Crippen LogP contribution in [0.1, 0.15) is 23.6 Å². The molecule has 2 aromatic rings. The molecule has 3 heteroatoms. The molecule has 2 rings (SSSR count). The fourth-order valence-corrected chi connectivity index (χ4v) is 2.43. The second kappa shape index (κ2) is 7.47. The fraction of sp³-hybridized carbons (Fsp3) is 0.278. The predicted molar refractivity (Wildman–Crippen MR) is 87.1 cm³/mol. The number of rotatable bonds is 6. The Hall–Kier alpha value is -2.31. The minimum Gasteiger partial charge on any atom is -0.366 e. The first-order chi connectivity index (χ1) is 10.3. The van der Waals surface area contributed by atoms with E-state index in [0.717, 1.165) is 36.4 Å². The Kier molecular flexibility index (Phi) is 5.36. The Bertz CT molecular complexity index is 614. The highest BCUT2D eigenvalue weighted by atomic mass is 15.1. The molecule has 0 atom stereocenters. The topological polar surface area (TPSA) is 39.1 Å². The third kappa shape index (κ3) is 3.84. The Balaban J connectivity index is 2.27. The molecule has 0 spiro atoms. The van der Waals surface area contributed by atoms with Crippen LogP contribution in [-0.2, 0) is 13.1 Å². The van der Waals surface area contributed by atoms with Crippen LogP contribution >= 0.6 is 0 Å². The first-order valence-corrected chi connectivity index (χ1v) is 7.25. The van der Waals surface area contributed by atoms with Crippen LogP contribution < -0.4 is 10.2 Å². The van der Waals surface area contributed by atoms with Gasteiger partial charge in [-0.25, -0.2) is 0 Å². The van der Waals surface area contributed by atoms with Crippen LogP contribution in [-0.4, -0.2) is 13.6 Å². The van der Waals surface area contributed by atoms with Gasteiger partial charge in [0.25, 0.3) is 0 Å². The van der Waals surface area contributed by atoms with Crippen LogP contribution in [0.25, 0.3) is 0 Å². The van der Waals surface area contributed by atoms with Gasteiger partial charge in [-0.05, 0) is 37.2 Å². The minimum absolute atomic E-state index is 0.737. The van der Waals surface area contributed by atoms with Crippen molar-refractivity contribution in [2.24, 2.45) is 0 Å². The van der Waals surface area contributed by atoms with Crippen molar-refractivity contribution in [2.45, 2.75) is 20.0 Å². The summed E-state index contributed by atoms with van der Waals surface area (Å²) in [6.45, 7) is 4.58. The van der Waals surface area contributed by atoms with Gasteiger partial charge in [0.15, 0.2) is 0 Å². The van der Waals surface area contributed by atoms with E-state index in [-0.39, 0.29) is 0 Å². The van der Waals surface area contributed by atoms with Crippen LogP contribution in [0.4, 0.5) is 5.69 Å². The molecule has 0 aliphatic carbocycles. The molecule has 0 aliphatic heterocycles. The Morgan fingerprint density at radius 2 is 1.86 bits per heavy atom. The van der Waals surface area contributed by atoms with Gasteiger partial charge in [0.05, 0.1) is 11.3 Å². The standard InChI is InChI=1S/C18H21N3/c1-3-21(14-15-7-5-4-6-8-15)18-10-9-16(13-20-2)11-17(18)12-19/h4-11,20H,3,13-14H2,1-2H3. The average Bonchev–Trinajstić information content (AvgIpc) is 2.54. The number of benzene rings is 2. The second-order valence-electron chi connectivity index (χ2n) is 4.99. The number of nitrogens with zero attached hydrogens (tertiary/aromatic N) is 2. The number of hydrogen-bond donors (Lipinski definition) is 1. The zero-order chi connectivity index (χ0) is 15.1. The quantitative estimate of drug-likeness (QED) is 0.881. The summed E-state index contributed by atoms with van der Waals surface area (Å²) < 4.78 is 0. The molecular weight excluding hydrogens is 258 g/mol. The molecule has 0 heterocycles. The highest BCUT2D eigenvalue weighted by Gasteiger charge is 2.11. The molecule has 0 saturated carbocycles. The zero-order valence-corrected chi connectivity index (χ0v) is 12.6. The largest absolute Gasteiger partial charge is 0.366 e. The molecule has 0 aliphatic rings. The molecule has 0 amide bonds. The molecule has 0 unspecified atom stereocenters. The summed E-state index contributed by atoms with van der Waals surface area (Å²) in [6.07, 6.45) is 0. The maximum atomic E-state index is 9.42. The van der Waals surface area contributed by atoms with E-state index in [1.54, 1.807) is 0 Å². The second-order valence-corrected chi connectivity index (χ2v) is 4.99. The Labute approximate surface area is 126 Å². The lowest BCUT2D eigenvalue weighted by Gasteiger charge is -2.24. The van der Waals surface area contributed by atoms with E-state index in [4.69, 9.17) is 0 Å². The van der Waals surface area contributed by atoms with Gasteiger partial charge in [0, 0.05) is 19.6 Å². The Morgan fingerprint density at radius 1 is 1.10 bits per heavy atom. The average molecular weight is 279 g/mol. The molecule has 21 heavy (non-hydrogen) atoms. The molecule has 0 radical (unpaired) electrons. The van der Waals surface area contributed by atoms with Crippen molar-refractivity contribution in [2.75, 3.05) is 18.5 Å². The van der Waals surface area contributed by atoms with Crippen molar-refractivity contribution < 1.29 is 0 Å². The first kappa shape index (κ1) is 15.1. The van der Waals surface area contributed by atoms with Crippen LogP contribution in [0.15, 0.2) is 48.5 Å². The lowest BCUT2D eigenvalue weighted by molar-refractivity contribution is 0.811. The maximum Gasteiger partial charge on any atom is 0.101 e. The molecule has 0 fully saturated rings. The Morgan fingerprint density at radius 3 is 2.48 bits per heavy atom. The lowest BCUT2D eigenvalue weighted by atomic mass is 10.1. The van der Waals surface area contributed by atoms with Crippen LogP contribution in [0.2, 0.25) is 0 Å². The van der Waals surface area contributed by atoms with Gasteiger partial charge >= 0.3 is 0 Å². The van der Waals surface area contributed by atoms with Crippen molar-refractivity contribution in [3.05, 3.63) is 65.2 Å². The highest BCUT2D eigenvalue weighted by Crippen LogP contribution is 2.23. The van der Waals surface area contributed by atoms with Crippen molar-refractivity contribution in [1.82, 2.24) is 5.32 Å². The first-order valence-electron chi connectivity index (χ1n) is 7.25. The highest BCUT2D eigenvalue weighted by molar-refractivity contribution is 5.60. The summed E-state index contributed by atoms with van der Waals surface area (Å²) in [4.78, 5) is 2.23. The molecule has 0 bridgehead atoms. The number of anilines is 1. The van der Waals surface area contributed by atoms with Gasteiger partial charge in [-0.15, -0.1) is 0 Å². The van der Waals surface area contributed by atoms with E-state index in [1.807, 2.05) is 31.3 Å². The van der Waals surface area contributed by atoms with Crippen molar-refractivity contribution in [3.8, 4) is 6.07 Å². The maximum absolute atomic E-state index is 9.42. The zero-order valence-electron chi connectivity index (χ0n) is 12.6. The minimum atomic E-state index is 0.737. The third-order valence-electron chi connectivity index (χ3n) is 3.50. The molecule has 3 nitrogen and oxygen atoms in total. The molecule has 1 N–H and O–H groups in total. The number of nitriles is 1. The number of hydrogen-bond acceptors (Lipinski definition) is 3. The van der Waals surface area contributed by atoms with Gasteiger partial charge in [-0.1, -0.05) is 36.4 Å². The summed E-state index contributed by atoms with van der Waals surface area (Å²) >= 11 is 0. The summed E-state index contributed by atoms with van der Waals surface area (Å²) in [5.74, 6) is 0. The van der Waals surface area contributed by atoms with E-state index in [2.05, 4.69) is 47.5 Å². The van der Waals surface area contributed by atoms with Crippen LogP contribution in [0.3, 0.4) is 0 Å². The van der Waals surface area contributed by atoms with E-state index in [9.17, 15) is 5.26 Å². The summed E-state index contributed by atoms with van der Waals surface area (Å²) in [6, 6.07) is 18.8. The van der Waals surface area contributed by atoms with Gasteiger partial charge in [-0.3, -0.25) is 0 Å². The summed E-state index contributed by atoms with van der Waals surface area (Å²) in [5, 5.41) is 12.5. The predicted octanol–water partition coefficient (Wildman–Crippen LogP) is 3.30. The summed E-state index contributed by atoms with van der Waals surface area (Å²) in [7, 11) is 1.91. The SMILES string of the molecule is CCN(Cc1ccccc1)c1ccc(CNC)cc1C#N. The van der Waals surface area contributed by atoms with E-state index in [1.165, 1.54) is 5.56 Å². The third-order valence-corrected chi connectivity index (χ3v) is 3.50. The normalized spacial score (nSPS) is 10.1. The number of nitrogens with one attached hydrogen (secondary N) is 1. The fourth-order valence-electron chi connectivity index (χ4n) is 2.43. The van der Waals surface area contributed by atoms with Crippen molar-refractivity contribution in [3.63, 3.8) is 0 Å². The van der Waals surface area contributed by atoms with Gasteiger partial charge in [-0.2, -0.15) is 5.26 Å². The molecule has 0 saturated heterocycles. The van der Waals surface area contributed by atoms with Gasteiger partial charge in [0.1, 0.15) is 6.07 Å². The molecule has 108 valence electrons. The van der Waals surface area contributed by atoms with Crippen LogP contribution in [0, 0.1) is 11.3 Å². The summed E-state index contributed by atoms with van der Waals surface area (Å²) in [5.41, 5.74) is 4.13. The monoisotopic (exact) mass is 279 g/mol. The molecule has 2 aromatic carbocycles. The molecular formula is C18H21N3. The van der Waals surface area contributed by atoms with E-state index in [0.29, 0.717) is 0 Å². The van der Waals surface area contributed by atoms with E-state index >= 15 is 0 Å². The lowest BCUT2D eigenvalue weighted by Crippen LogP contribution is -2.23.